The van der Waals surface area contributed by atoms with Gasteiger partial charge in [0.2, 0.25) is 0 Å². The number of rotatable bonds is 0. The molecule has 80 valence electrons. The minimum Gasteiger partial charge on any atom is -0.375 e. The predicted molar refractivity (Wildman–Crippen MR) is 65.8 cm³/mol. The van der Waals surface area contributed by atoms with E-state index in [2.05, 4.69) is 25.9 Å². The molecule has 0 aromatic carbocycles. The highest BCUT2D eigenvalue weighted by Gasteiger charge is 1.93. The fourth-order valence-electron chi connectivity index (χ4n) is 0.644. The molecule has 0 amide bonds. The molecule has 0 saturated heterocycles. The van der Waals surface area contributed by atoms with Gasteiger partial charge in [0.05, 0.1) is 12.4 Å². The van der Waals surface area contributed by atoms with Crippen LogP contribution in [0.1, 0.15) is 9.75 Å². The molecule has 5 nitrogen and oxygen atoms in total. The zero-order valence-electron chi connectivity index (χ0n) is 7.72. The molecule has 16 heavy (non-hydrogen) atoms. The number of anilines is 1. The van der Waals surface area contributed by atoms with Gasteiger partial charge in [-0.25, -0.2) is 9.97 Å². The van der Waals surface area contributed by atoms with E-state index < -0.39 is 0 Å². The van der Waals surface area contributed by atoms with Crippen molar-refractivity contribution >= 4 is 43.7 Å². The lowest BCUT2D eigenvalue weighted by molar-refractivity contribution is 1.37. The third kappa shape index (κ3) is 3.95. The normalized spacial score (nSPS) is 8.44. The summed E-state index contributed by atoms with van der Waals surface area (Å²) in [7, 11) is 0. The van der Waals surface area contributed by atoms with Gasteiger partial charge in [-0.15, -0.1) is 0 Å². The third-order valence-corrected chi connectivity index (χ3v) is 3.33. The Morgan fingerprint density at radius 2 is 1.69 bits per heavy atom. The lowest BCUT2D eigenvalue weighted by atomic mass is 10.6. The summed E-state index contributed by atoms with van der Waals surface area (Å²) < 4.78 is 0.758. The van der Waals surface area contributed by atoms with E-state index in [1.165, 1.54) is 35.1 Å². The molecule has 2 N–H and O–H groups in total. The highest BCUT2D eigenvalue weighted by Crippen LogP contribution is 2.16. The van der Waals surface area contributed by atoms with Gasteiger partial charge in [-0.2, -0.15) is 10.5 Å². The first-order valence-corrected chi connectivity index (χ1v) is 6.21. The molecule has 0 atom stereocenters. The van der Waals surface area contributed by atoms with Crippen LogP contribution >= 0.6 is 38.6 Å². The van der Waals surface area contributed by atoms with Gasteiger partial charge in [0.15, 0.2) is 9.05 Å². The SMILES string of the molecule is N#Cc1cnc(Br)s1.N#Cc1cnc(N)s1. The summed E-state index contributed by atoms with van der Waals surface area (Å²) in [4.78, 5) is 8.66. The third-order valence-electron chi connectivity index (χ3n) is 1.22. The van der Waals surface area contributed by atoms with Crippen molar-refractivity contribution in [1.29, 1.82) is 10.5 Å². The molecule has 8 heteroatoms. The number of halogens is 1. The van der Waals surface area contributed by atoms with Gasteiger partial charge < -0.3 is 5.73 Å². The molecule has 2 aromatic rings. The smallest absolute Gasteiger partial charge is 0.181 e. The Balaban J connectivity index is 0.000000160. The Morgan fingerprint density at radius 3 is 1.94 bits per heavy atom. The van der Waals surface area contributed by atoms with Crippen molar-refractivity contribution in [2.24, 2.45) is 0 Å². The standard InChI is InChI=1S/C4HBrN2S.C4H3N3S/c5-4-7-2-3(1-6)8-4;5-1-3-2-7-4(6)8-3/h2H;2H,(H2,6,7). The highest BCUT2D eigenvalue weighted by atomic mass is 79.9. The maximum Gasteiger partial charge on any atom is 0.181 e. The van der Waals surface area contributed by atoms with Crippen molar-refractivity contribution in [3.05, 3.63) is 26.1 Å². The van der Waals surface area contributed by atoms with E-state index in [0.717, 1.165) is 3.92 Å². The Labute approximate surface area is 108 Å². The zero-order valence-corrected chi connectivity index (χ0v) is 10.9. The van der Waals surface area contributed by atoms with Gasteiger partial charge in [0.25, 0.3) is 0 Å². The van der Waals surface area contributed by atoms with Crippen LogP contribution < -0.4 is 5.73 Å². The minimum absolute atomic E-state index is 0.446. The molecular formula is C8H4BrN5S2. The maximum absolute atomic E-state index is 8.25. The Hall–Kier alpha value is -1.48. The number of thiazole rings is 2. The molecular weight excluding hydrogens is 310 g/mol. The quantitative estimate of drug-likeness (QED) is 0.804. The van der Waals surface area contributed by atoms with Crippen LogP contribution in [0.25, 0.3) is 0 Å². The number of hydrogen-bond donors (Lipinski definition) is 1. The molecule has 0 aliphatic carbocycles. The lowest BCUT2D eigenvalue weighted by Gasteiger charge is -1.68. The first-order valence-electron chi connectivity index (χ1n) is 3.78. The van der Waals surface area contributed by atoms with E-state index in [1.807, 2.05) is 12.1 Å². The van der Waals surface area contributed by atoms with E-state index in [-0.39, 0.29) is 0 Å². The summed E-state index contributed by atoms with van der Waals surface area (Å²) in [5.74, 6) is 0. The van der Waals surface area contributed by atoms with Crippen molar-refractivity contribution in [2.75, 3.05) is 5.73 Å². The predicted octanol–water partition coefficient (Wildman–Crippen LogP) is 2.37. The van der Waals surface area contributed by atoms with E-state index in [9.17, 15) is 0 Å². The zero-order chi connectivity index (χ0) is 12.0. The summed E-state index contributed by atoms with van der Waals surface area (Å²) in [5.41, 5.74) is 5.21. The molecule has 0 spiro atoms. The largest absolute Gasteiger partial charge is 0.375 e. The van der Waals surface area contributed by atoms with Crippen molar-refractivity contribution < 1.29 is 0 Å². The van der Waals surface area contributed by atoms with Gasteiger partial charge in [0, 0.05) is 0 Å². The molecule has 0 unspecified atom stereocenters. The Bertz CT molecular complexity index is 497. The second-order valence-electron chi connectivity index (χ2n) is 2.26. The van der Waals surface area contributed by atoms with Crippen LogP contribution in [0.2, 0.25) is 0 Å². The van der Waals surface area contributed by atoms with E-state index >= 15 is 0 Å². The maximum atomic E-state index is 8.25. The van der Waals surface area contributed by atoms with Crippen molar-refractivity contribution in [1.82, 2.24) is 9.97 Å². The van der Waals surface area contributed by atoms with Crippen LogP contribution in [0.3, 0.4) is 0 Å². The number of nitriles is 2. The molecule has 0 saturated carbocycles. The average molecular weight is 314 g/mol. The van der Waals surface area contributed by atoms with Crippen LogP contribution in [0.4, 0.5) is 5.13 Å². The second kappa shape index (κ2) is 6.18. The van der Waals surface area contributed by atoms with Crippen LogP contribution in [-0.2, 0) is 0 Å². The summed E-state index contributed by atoms with van der Waals surface area (Å²) in [6, 6.07) is 3.90. The fraction of sp³-hybridized carbons (Fsp3) is 0. The fourth-order valence-corrected chi connectivity index (χ4v) is 2.19. The number of nitrogens with two attached hydrogens (primary N) is 1. The topological polar surface area (TPSA) is 99.4 Å². The Kier molecular flexibility index (Phi) is 4.86. The van der Waals surface area contributed by atoms with Crippen LogP contribution in [0.15, 0.2) is 16.3 Å². The summed E-state index contributed by atoms with van der Waals surface area (Å²) in [6.07, 6.45) is 2.99. The lowest BCUT2D eigenvalue weighted by Crippen LogP contribution is -1.77. The van der Waals surface area contributed by atoms with E-state index in [1.54, 1.807) is 0 Å². The van der Waals surface area contributed by atoms with Gasteiger partial charge in [-0.05, 0) is 15.9 Å². The van der Waals surface area contributed by atoms with Crippen molar-refractivity contribution in [2.45, 2.75) is 0 Å². The first kappa shape index (κ1) is 12.6. The first-order chi connectivity index (χ1) is 7.65. The molecule has 0 aliphatic rings. The van der Waals surface area contributed by atoms with Crippen LogP contribution in [-0.4, -0.2) is 9.97 Å². The summed E-state index contributed by atoms with van der Waals surface area (Å²) in [5, 5.41) is 16.9. The molecule has 0 radical (unpaired) electrons. The van der Waals surface area contributed by atoms with Gasteiger partial charge >= 0.3 is 0 Å². The minimum atomic E-state index is 0.446. The number of aromatic nitrogens is 2. The average Bonchev–Trinajstić information content (AvgIpc) is 2.88. The van der Waals surface area contributed by atoms with Crippen LogP contribution in [0, 0.1) is 22.7 Å². The molecule has 2 rings (SSSR count). The molecule has 0 bridgehead atoms. The van der Waals surface area contributed by atoms with Crippen molar-refractivity contribution in [3.8, 4) is 12.1 Å². The number of nitrogen functional groups attached to an aromatic ring is 1. The van der Waals surface area contributed by atoms with Crippen molar-refractivity contribution in [3.63, 3.8) is 0 Å². The van der Waals surface area contributed by atoms with E-state index in [4.69, 9.17) is 16.3 Å². The monoisotopic (exact) mass is 313 g/mol. The summed E-state index contributed by atoms with van der Waals surface area (Å²) >= 11 is 5.65. The van der Waals surface area contributed by atoms with Gasteiger partial charge in [-0.1, -0.05) is 22.7 Å². The van der Waals surface area contributed by atoms with Gasteiger partial charge in [-0.3, -0.25) is 0 Å². The molecule has 0 fully saturated rings. The van der Waals surface area contributed by atoms with Crippen LogP contribution in [0.5, 0.6) is 0 Å². The van der Waals surface area contributed by atoms with E-state index in [0.29, 0.717) is 14.9 Å². The molecule has 2 heterocycles. The highest BCUT2D eigenvalue weighted by molar-refractivity contribution is 9.11. The summed E-state index contributed by atoms with van der Waals surface area (Å²) in [6.45, 7) is 0. The Morgan fingerprint density at radius 1 is 1.12 bits per heavy atom. The number of hydrogen-bond acceptors (Lipinski definition) is 7. The number of nitrogens with zero attached hydrogens (tertiary/aromatic N) is 4. The van der Waals surface area contributed by atoms with Gasteiger partial charge in [0.1, 0.15) is 21.9 Å². The molecule has 2 aromatic heterocycles. The second-order valence-corrected chi connectivity index (χ2v) is 5.63. The molecule has 0 aliphatic heterocycles.